The number of hydrogen-bond acceptors (Lipinski definition) is 2. The van der Waals surface area contributed by atoms with E-state index >= 15 is 0 Å². The lowest BCUT2D eigenvalue weighted by Gasteiger charge is -2.07. The van der Waals surface area contributed by atoms with Crippen LogP contribution in [0.25, 0.3) is 39.3 Å². The van der Waals surface area contributed by atoms with Crippen LogP contribution in [0.2, 0.25) is 5.02 Å². The van der Waals surface area contributed by atoms with Gasteiger partial charge in [-0.25, -0.2) is 9.97 Å². The number of pyridine rings is 1. The molecule has 1 N–H and O–H groups in total. The Morgan fingerprint density at radius 2 is 1.91 bits per heavy atom. The molecule has 3 nitrogen and oxygen atoms in total. The Balaban J connectivity index is 1.93. The van der Waals surface area contributed by atoms with Crippen LogP contribution in [0.15, 0.2) is 49.0 Å². The van der Waals surface area contributed by atoms with Gasteiger partial charge in [-0.2, -0.15) is 0 Å². The molecular formula is C19H14ClN3. The van der Waals surface area contributed by atoms with E-state index in [2.05, 4.69) is 22.6 Å². The Kier molecular flexibility index (Phi) is 3.17. The van der Waals surface area contributed by atoms with E-state index in [9.17, 15) is 0 Å². The van der Waals surface area contributed by atoms with Crippen LogP contribution in [0.1, 0.15) is 11.4 Å². The monoisotopic (exact) mass is 319 g/mol. The van der Waals surface area contributed by atoms with Crippen molar-refractivity contribution in [1.82, 2.24) is 15.0 Å². The number of aryl methyl sites for hydroxylation is 1. The van der Waals surface area contributed by atoms with Gasteiger partial charge in [0.2, 0.25) is 0 Å². The first-order valence-corrected chi connectivity index (χ1v) is 7.71. The highest BCUT2D eigenvalue weighted by molar-refractivity contribution is 6.35. The number of halogens is 1. The average Bonchev–Trinajstić information content (AvgIpc) is 2.93. The summed E-state index contributed by atoms with van der Waals surface area (Å²) in [6.07, 6.45) is 1.81. The summed E-state index contributed by atoms with van der Waals surface area (Å²) >= 11 is 6.44. The van der Waals surface area contributed by atoms with Crippen molar-refractivity contribution in [2.24, 2.45) is 0 Å². The molecule has 0 saturated carbocycles. The average molecular weight is 320 g/mol. The molecule has 0 aliphatic heterocycles. The van der Waals surface area contributed by atoms with Crippen molar-refractivity contribution in [2.45, 2.75) is 6.92 Å². The summed E-state index contributed by atoms with van der Waals surface area (Å²) in [7, 11) is 0. The molecule has 2 aromatic heterocycles. The summed E-state index contributed by atoms with van der Waals surface area (Å²) in [6.45, 7) is 5.75. The van der Waals surface area contributed by atoms with Crippen molar-refractivity contribution < 1.29 is 0 Å². The first-order valence-electron chi connectivity index (χ1n) is 7.33. The lowest BCUT2D eigenvalue weighted by atomic mass is 10.1. The van der Waals surface area contributed by atoms with E-state index in [1.807, 2.05) is 43.3 Å². The van der Waals surface area contributed by atoms with Crippen LogP contribution < -0.4 is 0 Å². The van der Waals surface area contributed by atoms with Gasteiger partial charge in [0, 0.05) is 10.9 Å². The molecule has 23 heavy (non-hydrogen) atoms. The van der Waals surface area contributed by atoms with Crippen LogP contribution in [0.4, 0.5) is 0 Å². The highest BCUT2D eigenvalue weighted by Crippen LogP contribution is 2.30. The molecule has 4 aromatic rings. The van der Waals surface area contributed by atoms with Crippen molar-refractivity contribution in [3.05, 3.63) is 65.5 Å². The molecule has 0 bridgehead atoms. The van der Waals surface area contributed by atoms with Crippen LogP contribution in [-0.4, -0.2) is 15.0 Å². The molecule has 2 aromatic carbocycles. The number of imidazole rings is 1. The Morgan fingerprint density at radius 3 is 2.74 bits per heavy atom. The van der Waals surface area contributed by atoms with Crippen LogP contribution in [-0.2, 0) is 0 Å². The van der Waals surface area contributed by atoms with Crippen molar-refractivity contribution in [2.75, 3.05) is 0 Å². The van der Waals surface area contributed by atoms with Crippen molar-refractivity contribution in [3.8, 4) is 11.3 Å². The van der Waals surface area contributed by atoms with E-state index in [0.717, 1.165) is 44.6 Å². The van der Waals surface area contributed by atoms with E-state index in [4.69, 9.17) is 16.6 Å². The zero-order valence-electron chi connectivity index (χ0n) is 12.6. The lowest BCUT2D eigenvalue weighted by Crippen LogP contribution is -1.88. The molecular weight excluding hydrogens is 306 g/mol. The summed E-state index contributed by atoms with van der Waals surface area (Å²) in [5, 5.41) is 1.64. The first kappa shape index (κ1) is 14.0. The number of nitrogens with one attached hydrogen (secondary N) is 1. The van der Waals surface area contributed by atoms with Crippen molar-refractivity contribution in [1.29, 1.82) is 0 Å². The second-order valence-electron chi connectivity index (χ2n) is 5.52. The third-order valence-electron chi connectivity index (χ3n) is 3.92. The van der Waals surface area contributed by atoms with Gasteiger partial charge >= 0.3 is 0 Å². The largest absolute Gasteiger partial charge is 0.342 e. The Bertz CT molecular complexity index is 1060. The van der Waals surface area contributed by atoms with Gasteiger partial charge in [0.25, 0.3) is 0 Å². The maximum Gasteiger partial charge on any atom is 0.104 e. The molecule has 0 fully saturated rings. The third kappa shape index (κ3) is 2.39. The zero-order chi connectivity index (χ0) is 16.0. The van der Waals surface area contributed by atoms with Crippen LogP contribution in [0.3, 0.4) is 0 Å². The van der Waals surface area contributed by atoms with Gasteiger partial charge in [-0.1, -0.05) is 42.5 Å². The molecule has 0 unspecified atom stereocenters. The molecule has 0 atom stereocenters. The molecule has 0 spiro atoms. The number of nitrogens with zero attached hydrogens (tertiary/aromatic N) is 2. The predicted octanol–water partition coefficient (Wildman–Crippen LogP) is 5.38. The summed E-state index contributed by atoms with van der Waals surface area (Å²) in [5.41, 5.74) is 5.69. The molecule has 0 saturated heterocycles. The van der Waals surface area contributed by atoms with Gasteiger partial charge in [-0.3, -0.25) is 0 Å². The number of rotatable bonds is 2. The number of hydrogen-bond donors (Lipinski definition) is 1. The quantitative estimate of drug-likeness (QED) is 0.538. The highest BCUT2D eigenvalue weighted by atomic mass is 35.5. The fourth-order valence-electron chi connectivity index (χ4n) is 2.77. The Morgan fingerprint density at radius 1 is 1.04 bits per heavy atom. The second-order valence-corrected chi connectivity index (χ2v) is 5.93. The topological polar surface area (TPSA) is 41.6 Å². The van der Waals surface area contributed by atoms with Gasteiger partial charge in [0.05, 0.1) is 27.3 Å². The van der Waals surface area contributed by atoms with Crippen LogP contribution in [0, 0.1) is 6.92 Å². The van der Waals surface area contributed by atoms with Gasteiger partial charge in [-0.15, -0.1) is 0 Å². The minimum absolute atomic E-state index is 0.696. The number of fused-ring (bicyclic) bond motifs is 2. The van der Waals surface area contributed by atoms with Crippen LogP contribution in [0.5, 0.6) is 0 Å². The van der Waals surface area contributed by atoms with E-state index in [1.165, 1.54) is 0 Å². The van der Waals surface area contributed by atoms with Gasteiger partial charge in [-0.05, 0) is 36.8 Å². The second kappa shape index (κ2) is 5.21. The van der Waals surface area contributed by atoms with Gasteiger partial charge in [0.15, 0.2) is 0 Å². The molecule has 0 amide bonds. The van der Waals surface area contributed by atoms with Gasteiger partial charge < -0.3 is 4.98 Å². The standard InChI is InChI=1S/C19H14ClN3/c1-3-12-4-6-14-15(20)10-17(23-18(14)8-12)13-5-7-16-19(9-13)22-11(2)21-16/h3-10H,1H2,2H3,(H,21,22). The van der Waals surface area contributed by atoms with Crippen LogP contribution >= 0.6 is 11.6 Å². The Hall–Kier alpha value is -2.65. The summed E-state index contributed by atoms with van der Waals surface area (Å²) < 4.78 is 0. The fraction of sp³-hybridized carbons (Fsp3) is 0.0526. The van der Waals surface area contributed by atoms with E-state index < -0.39 is 0 Å². The summed E-state index contributed by atoms with van der Waals surface area (Å²) in [4.78, 5) is 12.4. The normalized spacial score (nSPS) is 11.2. The zero-order valence-corrected chi connectivity index (χ0v) is 13.4. The molecule has 0 aliphatic rings. The van der Waals surface area contributed by atoms with E-state index in [0.29, 0.717) is 5.02 Å². The molecule has 2 heterocycles. The smallest absolute Gasteiger partial charge is 0.104 e. The number of H-pyrrole nitrogens is 1. The lowest BCUT2D eigenvalue weighted by molar-refractivity contribution is 1.17. The SMILES string of the molecule is C=Cc1ccc2c(Cl)cc(-c3ccc4nc(C)[nH]c4c3)nc2c1. The first-order chi connectivity index (χ1) is 11.1. The molecule has 112 valence electrons. The van der Waals surface area contributed by atoms with E-state index in [-0.39, 0.29) is 0 Å². The number of benzene rings is 2. The maximum absolute atomic E-state index is 6.44. The minimum Gasteiger partial charge on any atom is -0.342 e. The van der Waals surface area contributed by atoms with E-state index in [1.54, 1.807) is 6.08 Å². The maximum atomic E-state index is 6.44. The van der Waals surface area contributed by atoms with Gasteiger partial charge in [0.1, 0.15) is 5.82 Å². The summed E-state index contributed by atoms with van der Waals surface area (Å²) in [5.74, 6) is 0.900. The third-order valence-corrected chi connectivity index (χ3v) is 4.23. The highest BCUT2D eigenvalue weighted by Gasteiger charge is 2.08. The molecule has 4 rings (SSSR count). The number of aromatic amines is 1. The fourth-order valence-corrected chi connectivity index (χ4v) is 3.04. The molecule has 0 radical (unpaired) electrons. The number of aromatic nitrogens is 3. The van der Waals surface area contributed by atoms with Crippen molar-refractivity contribution >= 4 is 39.6 Å². The summed E-state index contributed by atoms with van der Waals surface area (Å²) in [6, 6.07) is 13.9. The van der Waals surface area contributed by atoms with Crippen molar-refractivity contribution in [3.63, 3.8) is 0 Å². The molecule has 4 heteroatoms. The minimum atomic E-state index is 0.696. The predicted molar refractivity (Wildman–Crippen MR) is 96.7 cm³/mol. The molecule has 0 aliphatic carbocycles. The Labute approximate surface area is 138 Å².